The molecule has 0 spiro atoms. The standard InChI is InChI=1S/C28H20N2O6/c1-33-27(31)21-5-3-19-13-23(9-7-17(19)11-21)35-25-15-29-16-26(30-25)36-24-10-8-18-12-22(28(32)34-2)6-4-20(18)14-24/h3-16H,1-2H3. The number of ether oxygens (including phenoxy) is 4. The van der Waals surface area contributed by atoms with E-state index in [1.807, 2.05) is 36.4 Å². The molecule has 1 aromatic heterocycles. The Labute approximate surface area is 206 Å². The van der Waals surface area contributed by atoms with Crippen LogP contribution in [0.15, 0.2) is 85.2 Å². The SMILES string of the molecule is COC(=O)c1ccc2cc(Oc3cncc(Oc4ccc5cc(C(=O)OC)ccc5c4)n3)ccc2c1. The molecule has 0 saturated carbocycles. The van der Waals surface area contributed by atoms with E-state index in [-0.39, 0.29) is 23.7 Å². The van der Waals surface area contributed by atoms with Gasteiger partial charge in [0, 0.05) is 0 Å². The van der Waals surface area contributed by atoms with E-state index < -0.39 is 0 Å². The third-order valence-electron chi connectivity index (χ3n) is 5.50. The Balaban J connectivity index is 1.33. The van der Waals surface area contributed by atoms with E-state index in [0.717, 1.165) is 21.5 Å². The number of rotatable bonds is 6. The molecule has 8 nitrogen and oxygen atoms in total. The van der Waals surface area contributed by atoms with Gasteiger partial charge in [0.05, 0.1) is 37.7 Å². The molecule has 0 saturated heterocycles. The van der Waals surface area contributed by atoms with Gasteiger partial charge < -0.3 is 18.9 Å². The minimum atomic E-state index is -0.387. The fourth-order valence-corrected chi connectivity index (χ4v) is 3.74. The molecule has 0 amide bonds. The lowest BCUT2D eigenvalue weighted by Gasteiger charge is -2.09. The van der Waals surface area contributed by atoms with Crippen LogP contribution in [-0.4, -0.2) is 36.1 Å². The van der Waals surface area contributed by atoms with E-state index in [4.69, 9.17) is 18.9 Å². The number of hydrogen-bond donors (Lipinski definition) is 0. The monoisotopic (exact) mass is 480 g/mol. The average molecular weight is 480 g/mol. The molecule has 0 radical (unpaired) electrons. The molecule has 0 fully saturated rings. The Kier molecular flexibility index (Phi) is 6.15. The Hall–Kier alpha value is -4.98. The highest BCUT2D eigenvalue weighted by Crippen LogP contribution is 2.29. The van der Waals surface area contributed by atoms with Crippen molar-refractivity contribution >= 4 is 33.5 Å². The van der Waals surface area contributed by atoms with Crippen LogP contribution in [0.3, 0.4) is 0 Å². The minimum absolute atomic E-state index is 0.265. The molecule has 0 atom stereocenters. The van der Waals surface area contributed by atoms with Crippen molar-refractivity contribution < 1.29 is 28.5 Å². The second-order valence-corrected chi connectivity index (χ2v) is 7.83. The lowest BCUT2D eigenvalue weighted by molar-refractivity contribution is 0.0592. The van der Waals surface area contributed by atoms with Crippen molar-refractivity contribution in [3.63, 3.8) is 0 Å². The molecule has 5 aromatic rings. The number of fused-ring (bicyclic) bond motifs is 2. The van der Waals surface area contributed by atoms with Gasteiger partial charge in [-0.3, -0.25) is 4.98 Å². The summed E-state index contributed by atoms with van der Waals surface area (Å²) in [5, 5.41) is 3.55. The van der Waals surface area contributed by atoms with Crippen molar-refractivity contribution in [1.29, 1.82) is 0 Å². The molecule has 0 unspecified atom stereocenters. The van der Waals surface area contributed by atoms with Crippen molar-refractivity contribution in [2.45, 2.75) is 0 Å². The van der Waals surface area contributed by atoms with Gasteiger partial charge in [-0.1, -0.05) is 24.3 Å². The molecule has 8 heteroatoms. The van der Waals surface area contributed by atoms with Crippen LogP contribution in [0.1, 0.15) is 20.7 Å². The van der Waals surface area contributed by atoms with Crippen LogP contribution >= 0.6 is 0 Å². The van der Waals surface area contributed by atoms with Crippen LogP contribution in [0.25, 0.3) is 21.5 Å². The highest BCUT2D eigenvalue weighted by molar-refractivity contribution is 5.96. The first kappa shape index (κ1) is 22.8. The highest BCUT2D eigenvalue weighted by atomic mass is 16.5. The van der Waals surface area contributed by atoms with Crippen LogP contribution < -0.4 is 9.47 Å². The summed E-state index contributed by atoms with van der Waals surface area (Å²) in [5.74, 6) is 0.880. The van der Waals surface area contributed by atoms with Crippen LogP contribution in [0.2, 0.25) is 0 Å². The maximum atomic E-state index is 11.8. The van der Waals surface area contributed by atoms with Crippen molar-refractivity contribution in [3.8, 4) is 23.3 Å². The van der Waals surface area contributed by atoms with Gasteiger partial charge in [-0.05, 0) is 70.1 Å². The number of esters is 2. The highest BCUT2D eigenvalue weighted by Gasteiger charge is 2.10. The Bertz CT molecular complexity index is 1500. The van der Waals surface area contributed by atoms with Crippen LogP contribution in [0.5, 0.6) is 23.3 Å². The van der Waals surface area contributed by atoms with Gasteiger partial charge in [0.2, 0.25) is 11.8 Å². The minimum Gasteiger partial charge on any atom is -0.465 e. The smallest absolute Gasteiger partial charge is 0.337 e. The van der Waals surface area contributed by atoms with Gasteiger partial charge >= 0.3 is 11.9 Å². The number of hydrogen-bond acceptors (Lipinski definition) is 8. The van der Waals surface area contributed by atoms with E-state index in [1.54, 1.807) is 36.4 Å². The molecule has 1 heterocycles. The first-order valence-electron chi connectivity index (χ1n) is 10.9. The second kappa shape index (κ2) is 9.71. The average Bonchev–Trinajstić information content (AvgIpc) is 2.91. The van der Waals surface area contributed by atoms with Crippen molar-refractivity contribution in [2.24, 2.45) is 0 Å². The van der Waals surface area contributed by atoms with Crippen LogP contribution in [-0.2, 0) is 9.47 Å². The Morgan fingerprint density at radius 2 is 1.00 bits per heavy atom. The molecule has 0 aliphatic carbocycles. The lowest BCUT2D eigenvalue weighted by Crippen LogP contribution is -2.00. The number of nitrogens with zero attached hydrogens (tertiary/aromatic N) is 2. The van der Waals surface area contributed by atoms with E-state index in [0.29, 0.717) is 22.6 Å². The maximum absolute atomic E-state index is 11.8. The predicted molar refractivity (Wildman–Crippen MR) is 133 cm³/mol. The van der Waals surface area contributed by atoms with Gasteiger partial charge in [-0.25, -0.2) is 9.59 Å². The number of carbonyl (C=O) groups excluding carboxylic acids is 2. The fraction of sp³-hybridized carbons (Fsp3) is 0.0714. The topological polar surface area (TPSA) is 96.8 Å². The molecular formula is C28H20N2O6. The summed E-state index contributed by atoms with van der Waals surface area (Å²) in [6.45, 7) is 0. The molecule has 4 aromatic carbocycles. The Morgan fingerprint density at radius 1 is 0.583 bits per heavy atom. The zero-order valence-corrected chi connectivity index (χ0v) is 19.4. The largest absolute Gasteiger partial charge is 0.465 e. The number of methoxy groups -OCH3 is 2. The normalized spacial score (nSPS) is 10.7. The third kappa shape index (κ3) is 4.78. The molecule has 178 valence electrons. The summed E-state index contributed by atoms with van der Waals surface area (Å²) in [5.41, 5.74) is 0.957. The van der Waals surface area contributed by atoms with Gasteiger partial charge in [-0.2, -0.15) is 4.98 Å². The van der Waals surface area contributed by atoms with Crippen molar-refractivity contribution in [3.05, 3.63) is 96.3 Å². The first-order chi connectivity index (χ1) is 17.5. The zero-order valence-electron chi connectivity index (χ0n) is 19.4. The van der Waals surface area contributed by atoms with E-state index in [2.05, 4.69) is 9.97 Å². The molecule has 5 rings (SSSR count). The fourth-order valence-electron chi connectivity index (χ4n) is 3.74. The van der Waals surface area contributed by atoms with Crippen LogP contribution in [0, 0.1) is 0 Å². The van der Waals surface area contributed by atoms with Gasteiger partial charge in [0.1, 0.15) is 11.5 Å². The summed E-state index contributed by atoms with van der Waals surface area (Å²) in [6.07, 6.45) is 2.98. The molecule has 0 aliphatic heterocycles. The molecular weight excluding hydrogens is 460 g/mol. The quantitative estimate of drug-likeness (QED) is 0.276. The third-order valence-corrected chi connectivity index (χ3v) is 5.50. The number of carbonyl (C=O) groups is 2. The summed E-state index contributed by atoms with van der Waals surface area (Å²) < 4.78 is 21.3. The van der Waals surface area contributed by atoms with E-state index >= 15 is 0 Å². The molecule has 0 aliphatic rings. The van der Waals surface area contributed by atoms with Crippen molar-refractivity contribution in [2.75, 3.05) is 14.2 Å². The predicted octanol–water partition coefficient (Wildman–Crippen LogP) is 5.94. The first-order valence-corrected chi connectivity index (χ1v) is 10.9. The maximum Gasteiger partial charge on any atom is 0.337 e. The lowest BCUT2D eigenvalue weighted by atomic mass is 10.1. The van der Waals surface area contributed by atoms with Crippen molar-refractivity contribution in [1.82, 2.24) is 9.97 Å². The zero-order chi connectivity index (χ0) is 25.1. The number of aromatic nitrogens is 2. The van der Waals surface area contributed by atoms with E-state index in [9.17, 15) is 9.59 Å². The summed E-state index contributed by atoms with van der Waals surface area (Å²) in [4.78, 5) is 32.1. The molecule has 0 bridgehead atoms. The van der Waals surface area contributed by atoms with Gasteiger partial charge in [-0.15, -0.1) is 0 Å². The summed E-state index contributed by atoms with van der Waals surface area (Å²) >= 11 is 0. The summed E-state index contributed by atoms with van der Waals surface area (Å²) in [6, 6.07) is 21.5. The van der Waals surface area contributed by atoms with E-state index in [1.165, 1.54) is 26.6 Å². The van der Waals surface area contributed by atoms with Gasteiger partial charge in [0.15, 0.2) is 0 Å². The second-order valence-electron chi connectivity index (χ2n) is 7.83. The number of benzene rings is 4. The Morgan fingerprint density at radius 3 is 1.44 bits per heavy atom. The summed E-state index contributed by atoms with van der Waals surface area (Å²) in [7, 11) is 2.70. The molecule has 36 heavy (non-hydrogen) atoms. The van der Waals surface area contributed by atoms with Crippen LogP contribution in [0.4, 0.5) is 0 Å². The van der Waals surface area contributed by atoms with Gasteiger partial charge in [0.25, 0.3) is 0 Å². The molecule has 0 N–H and O–H groups in total.